The van der Waals surface area contributed by atoms with Crippen LogP contribution in [0.3, 0.4) is 0 Å². The molecule has 4 nitrogen and oxygen atoms in total. The van der Waals surface area contributed by atoms with Gasteiger partial charge in [0, 0.05) is 0 Å². The second-order valence-electron chi connectivity index (χ2n) is 4.17. The van der Waals surface area contributed by atoms with Crippen molar-refractivity contribution in [2.75, 3.05) is 5.32 Å². The number of amides is 1. The first-order valence-corrected chi connectivity index (χ1v) is 6.40. The lowest BCUT2D eigenvalue weighted by Crippen LogP contribution is -2.15. The highest BCUT2D eigenvalue weighted by Crippen LogP contribution is 2.26. The summed E-state index contributed by atoms with van der Waals surface area (Å²) in [4.78, 5) is 15.8. The van der Waals surface area contributed by atoms with Crippen LogP contribution in [0, 0.1) is 24.4 Å². The molecule has 0 atom stereocenters. The van der Waals surface area contributed by atoms with Crippen LogP contribution in [0.15, 0.2) is 22.9 Å². The molecule has 1 amide bonds. The number of anilines is 1. The first kappa shape index (κ1) is 15.3. The van der Waals surface area contributed by atoms with Gasteiger partial charge in [-0.2, -0.15) is 4.39 Å². The monoisotopic (exact) mass is 360 g/mol. The van der Waals surface area contributed by atoms with Gasteiger partial charge in [-0.1, -0.05) is 0 Å². The largest absolute Gasteiger partial charge is 0.503 e. The summed E-state index contributed by atoms with van der Waals surface area (Å²) in [7, 11) is 0. The quantitative estimate of drug-likeness (QED) is 0.636. The van der Waals surface area contributed by atoms with Crippen LogP contribution in [0.5, 0.6) is 5.75 Å². The molecule has 0 spiro atoms. The van der Waals surface area contributed by atoms with E-state index in [1.54, 1.807) is 13.0 Å². The Labute approximate surface area is 125 Å². The zero-order valence-corrected chi connectivity index (χ0v) is 12.1. The average Bonchev–Trinajstić information content (AvgIpc) is 2.44. The third kappa shape index (κ3) is 2.99. The standard InChI is InChI=1S/C13H8BrF3N2O2/c1-5-2-6(4-18-12(5)14)19-13(21)7-3-8(15)10(17)11(20)9(7)16/h2-4,20H,1H3,(H,19,21). The Morgan fingerprint density at radius 2 is 1.95 bits per heavy atom. The number of pyridine rings is 1. The number of aryl methyl sites for hydroxylation is 1. The fourth-order valence-electron chi connectivity index (χ4n) is 1.58. The SMILES string of the molecule is Cc1cc(NC(=O)c2cc(F)c(F)c(O)c2F)cnc1Br. The second-order valence-corrected chi connectivity index (χ2v) is 4.92. The minimum atomic E-state index is -1.75. The number of hydrogen-bond acceptors (Lipinski definition) is 3. The lowest BCUT2D eigenvalue weighted by Gasteiger charge is -2.09. The molecule has 1 heterocycles. The molecule has 2 aromatic rings. The molecular weight excluding hydrogens is 353 g/mol. The van der Waals surface area contributed by atoms with Crippen molar-refractivity contribution >= 4 is 27.5 Å². The van der Waals surface area contributed by atoms with Crippen LogP contribution >= 0.6 is 15.9 Å². The number of carbonyl (C=O) groups is 1. The molecule has 0 aliphatic rings. The average molecular weight is 361 g/mol. The third-order valence-electron chi connectivity index (χ3n) is 2.65. The minimum Gasteiger partial charge on any atom is -0.503 e. The van der Waals surface area contributed by atoms with E-state index in [0.717, 1.165) is 0 Å². The van der Waals surface area contributed by atoms with Gasteiger partial charge in [-0.15, -0.1) is 0 Å². The van der Waals surface area contributed by atoms with Gasteiger partial charge in [0.2, 0.25) is 5.82 Å². The summed E-state index contributed by atoms with van der Waals surface area (Å²) in [6, 6.07) is 1.92. The number of nitrogens with one attached hydrogen (secondary N) is 1. The molecule has 0 saturated heterocycles. The summed E-state index contributed by atoms with van der Waals surface area (Å²) in [6.07, 6.45) is 1.30. The number of halogens is 4. The topological polar surface area (TPSA) is 62.2 Å². The molecule has 0 radical (unpaired) electrons. The van der Waals surface area contributed by atoms with E-state index in [9.17, 15) is 18.0 Å². The smallest absolute Gasteiger partial charge is 0.258 e. The van der Waals surface area contributed by atoms with E-state index in [0.29, 0.717) is 16.2 Å². The predicted octanol–water partition coefficient (Wildman–Crippen LogP) is 3.53. The molecule has 0 fully saturated rings. The lowest BCUT2D eigenvalue weighted by molar-refractivity contribution is 0.102. The number of hydrogen-bond donors (Lipinski definition) is 2. The molecule has 2 N–H and O–H groups in total. The Morgan fingerprint density at radius 1 is 1.29 bits per heavy atom. The first-order valence-electron chi connectivity index (χ1n) is 5.61. The van der Waals surface area contributed by atoms with Gasteiger partial charge in [0.25, 0.3) is 5.91 Å². The van der Waals surface area contributed by atoms with Gasteiger partial charge in [-0.3, -0.25) is 4.79 Å². The maximum Gasteiger partial charge on any atom is 0.258 e. The molecule has 21 heavy (non-hydrogen) atoms. The van der Waals surface area contributed by atoms with Gasteiger partial charge in [0.1, 0.15) is 4.60 Å². The van der Waals surface area contributed by atoms with Gasteiger partial charge in [0.15, 0.2) is 17.4 Å². The molecule has 0 bridgehead atoms. The molecule has 1 aromatic heterocycles. The molecule has 0 saturated carbocycles. The van der Waals surface area contributed by atoms with E-state index in [1.807, 2.05) is 0 Å². The Kier molecular flexibility index (Phi) is 4.17. The number of nitrogens with zero attached hydrogens (tertiary/aromatic N) is 1. The van der Waals surface area contributed by atoms with Crippen molar-refractivity contribution in [3.05, 3.63) is 51.5 Å². The zero-order valence-electron chi connectivity index (χ0n) is 10.5. The van der Waals surface area contributed by atoms with Crippen molar-refractivity contribution in [2.45, 2.75) is 6.92 Å². The fraction of sp³-hybridized carbons (Fsp3) is 0.0769. The van der Waals surface area contributed by atoms with Crippen LogP contribution in [0.2, 0.25) is 0 Å². The highest BCUT2D eigenvalue weighted by atomic mass is 79.9. The Balaban J connectivity index is 2.35. The second kappa shape index (κ2) is 5.72. The minimum absolute atomic E-state index is 0.240. The van der Waals surface area contributed by atoms with E-state index >= 15 is 0 Å². The van der Waals surface area contributed by atoms with Crippen molar-refractivity contribution in [3.8, 4) is 5.75 Å². The maximum atomic E-state index is 13.6. The Hall–Kier alpha value is -2.09. The van der Waals surface area contributed by atoms with Gasteiger partial charge in [0.05, 0.1) is 17.4 Å². The molecular formula is C13H8BrF3N2O2. The van der Waals surface area contributed by atoms with E-state index in [-0.39, 0.29) is 5.69 Å². The van der Waals surface area contributed by atoms with Crippen LogP contribution in [-0.2, 0) is 0 Å². The predicted molar refractivity (Wildman–Crippen MR) is 72.6 cm³/mol. The van der Waals surface area contributed by atoms with Gasteiger partial charge < -0.3 is 10.4 Å². The fourth-order valence-corrected chi connectivity index (χ4v) is 1.80. The van der Waals surface area contributed by atoms with Gasteiger partial charge in [-0.25, -0.2) is 13.8 Å². The number of phenolic OH excluding ortho intramolecular Hbond substituents is 1. The van der Waals surface area contributed by atoms with Crippen LogP contribution in [0.25, 0.3) is 0 Å². The lowest BCUT2D eigenvalue weighted by atomic mass is 10.1. The number of aromatic nitrogens is 1. The van der Waals surface area contributed by atoms with E-state index in [4.69, 9.17) is 5.11 Å². The van der Waals surface area contributed by atoms with E-state index < -0.39 is 34.7 Å². The Bertz CT molecular complexity index is 738. The number of carbonyl (C=O) groups excluding carboxylic acids is 1. The van der Waals surface area contributed by atoms with E-state index in [2.05, 4.69) is 26.2 Å². The van der Waals surface area contributed by atoms with Crippen LogP contribution in [0.1, 0.15) is 15.9 Å². The summed E-state index contributed by atoms with van der Waals surface area (Å²) in [5.74, 6) is -7.38. The van der Waals surface area contributed by atoms with Crippen molar-refractivity contribution in [3.63, 3.8) is 0 Å². The van der Waals surface area contributed by atoms with Crippen molar-refractivity contribution < 1.29 is 23.1 Å². The number of benzene rings is 1. The summed E-state index contributed by atoms with van der Waals surface area (Å²) in [5.41, 5.74) is 0.137. The first-order chi connectivity index (χ1) is 9.81. The number of phenols is 1. The molecule has 110 valence electrons. The summed E-state index contributed by atoms with van der Waals surface area (Å²) in [6.45, 7) is 1.72. The van der Waals surface area contributed by atoms with Crippen LogP contribution < -0.4 is 5.32 Å². The van der Waals surface area contributed by atoms with Gasteiger partial charge in [-0.05, 0) is 40.5 Å². The molecule has 1 aromatic carbocycles. The summed E-state index contributed by atoms with van der Waals surface area (Å²) >= 11 is 3.17. The molecule has 0 aliphatic carbocycles. The van der Waals surface area contributed by atoms with Crippen molar-refractivity contribution in [1.82, 2.24) is 4.98 Å². The highest BCUT2D eigenvalue weighted by Gasteiger charge is 2.22. The molecule has 0 aliphatic heterocycles. The third-order valence-corrected chi connectivity index (χ3v) is 3.48. The normalized spacial score (nSPS) is 10.5. The maximum absolute atomic E-state index is 13.6. The molecule has 2 rings (SSSR count). The molecule has 0 unspecified atom stereocenters. The van der Waals surface area contributed by atoms with Gasteiger partial charge >= 0.3 is 0 Å². The van der Waals surface area contributed by atoms with Crippen LogP contribution in [0.4, 0.5) is 18.9 Å². The van der Waals surface area contributed by atoms with E-state index in [1.165, 1.54) is 6.20 Å². The molecule has 8 heteroatoms. The summed E-state index contributed by atoms with van der Waals surface area (Å²) < 4.78 is 40.2. The summed E-state index contributed by atoms with van der Waals surface area (Å²) in [5, 5.41) is 11.4. The number of aromatic hydroxyl groups is 1. The zero-order chi connectivity index (χ0) is 15.7. The Morgan fingerprint density at radius 3 is 2.57 bits per heavy atom. The van der Waals surface area contributed by atoms with Crippen molar-refractivity contribution in [1.29, 1.82) is 0 Å². The number of rotatable bonds is 2. The highest BCUT2D eigenvalue weighted by molar-refractivity contribution is 9.10. The van der Waals surface area contributed by atoms with Crippen molar-refractivity contribution in [2.24, 2.45) is 0 Å². The van der Waals surface area contributed by atoms with Crippen LogP contribution in [-0.4, -0.2) is 16.0 Å².